The van der Waals surface area contributed by atoms with Crippen LogP contribution in [-0.4, -0.2) is 29.9 Å². The van der Waals surface area contributed by atoms with E-state index in [0.717, 1.165) is 23.0 Å². The Morgan fingerprint density at radius 2 is 1.95 bits per heavy atom. The van der Waals surface area contributed by atoms with Gasteiger partial charge < -0.3 is 10.6 Å². The Labute approximate surface area is 123 Å². The van der Waals surface area contributed by atoms with Crippen LogP contribution < -0.4 is 10.6 Å². The quantitative estimate of drug-likeness (QED) is 0.880. The maximum Gasteiger partial charge on any atom is 0.252 e. The highest BCUT2D eigenvalue weighted by Gasteiger charge is 2.12. The van der Waals surface area contributed by atoms with Crippen molar-refractivity contribution in [2.24, 2.45) is 0 Å². The van der Waals surface area contributed by atoms with E-state index in [2.05, 4.69) is 15.6 Å². The molecule has 0 aliphatic carbocycles. The SMILES string of the molecule is CCCNC(=O)CNC(=O)c1cc(C)nc2ccccc12. The third kappa shape index (κ3) is 3.78. The predicted octanol–water partition coefficient (Wildman–Crippen LogP) is 1.80. The summed E-state index contributed by atoms with van der Waals surface area (Å²) in [7, 11) is 0. The number of para-hydroxylation sites is 1. The Bertz CT molecular complexity index is 668. The Balaban J connectivity index is 2.14. The zero-order valence-electron chi connectivity index (χ0n) is 12.3. The topological polar surface area (TPSA) is 71.1 Å². The first-order chi connectivity index (χ1) is 10.1. The first-order valence-corrected chi connectivity index (χ1v) is 7.03. The number of aryl methyl sites for hydroxylation is 1. The van der Waals surface area contributed by atoms with Crippen molar-refractivity contribution in [3.05, 3.63) is 41.6 Å². The molecule has 0 aliphatic heterocycles. The molecule has 0 unspecified atom stereocenters. The van der Waals surface area contributed by atoms with Gasteiger partial charge in [-0.05, 0) is 25.5 Å². The largest absolute Gasteiger partial charge is 0.355 e. The Kier molecular flexibility index (Phi) is 4.87. The molecule has 110 valence electrons. The van der Waals surface area contributed by atoms with E-state index in [1.165, 1.54) is 0 Å². The Morgan fingerprint density at radius 3 is 2.71 bits per heavy atom. The monoisotopic (exact) mass is 285 g/mol. The summed E-state index contributed by atoms with van der Waals surface area (Å²) in [5.41, 5.74) is 2.09. The van der Waals surface area contributed by atoms with Crippen molar-refractivity contribution in [3.8, 4) is 0 Å². The van der Waals surface area contributed by atoms with Crippen LogP contribution in [-0.2, 0) is 4.79 Å². The normalized spacial score (nSPS) is 10.4. The number of nitrogens with zero attached hydrogens (tertiary/aromatic N) is 1. The summed E-state index contributed by atoms with van der Waals surface area (Å²) in [5.74, 6) is -0.441. The van der Waals surface area contributed by atoms with Crippen molar-refractivity contribution in [3.63, 3.8) is 0 Å². The van der Waals surface area contributed by atoms with Crippen LogP contribution in [0.2, 0.25) is 0 Å². The highest BCUT2D eigenvalue weighted by Crippen LogP contribution is 2.17. The number of pyridine rings is 1. The number of amides is 2. The van der Waals surface area contributed by atoms with Crippen LogP contribution in [0.5, 0.6) is 0 Å². The lowest BCUT2D eigenvalue weighted by molar-refractivity contribution is -0.120. The van der Waals surface area contributed by atoms with E-state index in [1.807, 2.05) is 38.1 Å². The van der Waals surface area contributed by atoms with Crippen molar-refractivity contribution in [1.82, 2.24) is 15.6 Å². The standard InChI is InChI=1S/C16H19N3O2/c1-3-8-17-15(20)10-18-16(21)13-9-11(2)19-14-7-5-4-6-12(13)14/h4-7,9H,3,8,10H2,1-2H3,(H,17,20)(H,18,21). The molecule has 1 aromatic heterocycles. The Hall–Kier alpha value is -2.43. The van der Waals surface area contributed by atoms with Crippen molar-refractivity contribution in [2.45, 2.75) is 20.3 Å². The molecule has 0 bridgehead atoms. The molecule has 2 aromatic rings. The zero-order valence-corrected chi connectivity index (χ0v) is 12.3. The maximum absolute atomic E-state index is 12.3. The van der Waals surface area contributed by atoms with Crippen LogP contribution in [0.1, 0.15) is 29.4 Å². The fraction of sp³-hybridized carbons (Fsp3) is 0.312. The molecule has 0 atom stereocenters. The molecule has 0 radical (unpaired) electrons. The van der Waals surface area contributed by atoms with E-state index >= 15 is 0 Å². The average molecular weight is 285 g/mol. The number of fused-ring (bicyclic) bond motifs is 1. The van der Waals surface area contributed by atoms with E-state index in [4.69, 9.17) is 0 Å². The number of hydrogen-bond acceptors (Lipinski definition) is 3. The second kappa shape index (κ2) is 6.83. The molecule has 21 heavy (non-hydrogen) atoms. The predicted molar refractivity (Wildman–Crippen MR) is 82.1 cm³/mol. The highest BCUT2D eigenvalue weighted by molar-refractivity contribution is 6.07. The van der Waals surface area contributed by atoms with E-state index in [-0.39, 0.29) is 18.4 Å². The molecule has 1 heterocycles. The fourth-order valence-corrected chi connectivity index (χ4v) is 2.08. The van der Waals surface area contributed by atoms with E-state index in [9.17, 15) is 9.59 Å². The highest BCUT2D eigenvalue weighted by atomic mass is 16.2. The molecular weight excluding hydrogens is 266 g/mol. The summed E-state index contributed by atoms with van der Waals surface area (Å²) in [6.45, 7) is 4.42. The molecule has 0 saturated heterocycles. The molecule has 0 aliphatic rings. The van der Waals surface area contributed by atoms with Gasteiger partial charge in [0.1, 0.15) is 0 Å². The summed E-state index contributed by atoms with van der Waals surface area (Å²) < 4.78 is 0. The van der Waals surface area contributed by atoms with Crippen LogP contribution in [0.4, 0.5) is 0 Å². The van der Waals surface area contributed by atoms with Crippen molar-refractivity contribution in [1.29, 1.82) is 0 Å². The van der Waals surface area contributed by atoms with Crippen LogP contribution in [0.25, 0.3) is 10.9 Å². The van der Waals surface area contributed by atoms with Gasteiger partial charge in [0.2, 0.25) is 5.91 Å². The van der Waals surface area contributed by atoms with Gasteiger partial charge in [0.05, 0.1) is 17.6 Å². The fourth-order valence-electron chi connectivity index (χ4n) is 2.08. The van der Waals surface area contributed by atoms with Gasteiger partial charge in [0, 0.05) is 17.6 Å². The average Bonchev–Trinajstić information content (AvgIpc) is 2.49. The molecule has 0 fully saturated rings. The van der Waals surface area contributed by atoms with Gasteiger partial charge in [-0.25, -0.2) is 0 Å². The summed E-state index contributed by atoms with van der Waals surface area (Å²) in [6.07, 6.45) is 0.869. The van der Waals surface area contributed by atoms with Crippen LogP contribution >= 0.6 is 0 Å². The molecule has 0 spiro atoms. The molecule has 2 rings (SSSR count). The van der Waals surface area contributed by atoms with Crippen LogP contribution in [0, 0.1) is 6.92 Å². The van der Waals surface area contributed by atoms with Gasteiger partial charge in [-0.2, -0.15) is 0 Å². The Morgan fingerprint density at radius 1 is 1.19 bits per heavy atom. The zero-order chi connectivity index (χ0) is 15.2. The summed E-state index contributed by atoms with van der Waals surface area (Å²) in [4.78, 5) is 28.2. The lowest BCUT2D eigenvalue weighted by atomic mass is 10.1. The van der Waals surface area contributed by atoms with Gasteiger partial charge in [0.25, 0.3) is 5.91 Å². The molecule has 2 amide bonds. The lowest BCUT2D eigenvalue weighted by Gasteiger charge is -2.09. The maximum atomic E-state index is 12.3. The van der Waals surface area contributed by atoms with Crippen LogP contribution in [0.15, 0.2) is 30.3 Å². The molecule has 2 N–H and O–H groups in total. The molecule has 5 heteroatoms. The summed E-state index contributed by atoms with van der Waals surface area (Å²) in [6, 6.07) is 9.21. The number of carbonyl (C=O) groups is 2. The van der Waals surface area contributed by atoms with Crippen molar-refractivity contribution in [2.75, 3.05) is 13.1 Å². The number of rotatable bonds is 5. The summed E-state index contributed by atoms with van der Waals surface area (Å²) in [5, 5.41) is 6.16. The van der Waals surface area contributed by atoms with Gasteiger partial charge in [-0.1, -0.05) is 25.1 Å². The molecular formula is C16H19N3O2. The van der Waals surface area contributed by atoms with E-state index in [0.29, 0.717) is 12.1 Å². The molecule has 0 saturated carbocycles. The lowest BCUT2D eigenvalue weighted by Crippen LogP contribution is -2.37. The van der Waals surface area contributed by atoms with Crippen LogP contribution in [0.3, 0.4) is 0 Å². The second-order valence-corrected chi connectivity index (χ2v) is 4.86. The third-order valence-electron chi connectivity index (χ3n) is 3.07. The second-order valence-electron chi connectivity index (χ2n) is 4.86. The van der Waals surface area contributed by atoms with E-state index in [1.54, 1.807) is 6.07 Å². The third-order valence-corrected chi connectivity index (χ3v) is 3.07. The number of nitrogens with one attached hydrogen (secondary N) is 2. The molecule has 1 aromatic carbocycles. The number of hydrogen-bond donors (Lipinski definition) is 2. The summed E-state index contributed by atoms with van der Waals surface area (Å²) >= 11 is 0. The van der Waals surface area contributed by atoms with Crippen molar-refractivity contribution < 1.29 is 9.59 Å². The number of carbonyl (C=O) groups excluding carboxylic acids is 2. The van der Waals surface area contributed by atoms with Gasteiger partial charge in [0.15, 0.2) is 0 Å². The number of aromatic nitrogens is 1. The van der Waals surface area contributed by atoms with E-state index < -0.39 is 0 Å². The minimum absolute atomic E-state index is 0.0193. The molecule has 5 nitrogen and oxygen atoms in total. The van der Waals surface area contributed by atoms with Gasteiger partial charge in [-0.15, -0.1) is 0 Å². The van der Waals surface area contributed by atoms with Crippen molar-refractivity contribution >= 4 is 22.7 Å². The minimum Gasteiger partial charge on any atom is -0.355 e. The smallest absolute Gasteiger partial charge is 0.252 e. The first kappa shape index (κ1) is 15.0. The van der Waals surface area contributed by atoms with Gasteiger partial charge >= 0.3 is 0 Å². The van der Waals surface area contributed by atoms with Gasteiger partial charge in [-0.3, -0.25) is 14.6 Å². The number of benzene rings is 1. The first-order valence-electron chi connectivity index (χ1n) is 7.03. The minimum atomic E-state index is -0.261.